The first-order chi connectivity index (χ1) is 6.24. The maximum Gasteiger partial charge on any atom is 0.0507 e. The number of nitrogen functional groups attached to an aromatic ring is 2. The second-order valence-electron chi connectivity index (χ2n) is 2.91. The average Bonchev–Trinajstić information content (AvgIpc) is 2.11. The van der Waals surface area contributed by atoms with Gasteiger partial charge < -0.3 is 16.2 Å². The summed E-state index contributed by atoms with van der Waals surface area (Å²) in [5, 5.41) is 0. The summed E-state index contributed by atoms with van der Waals surface area (Å²) in [6.45, 7) is 3.41. The first-order valence-corrected chi connectivity index (χ1v) is 4.45. The van der Waals surface area contributed by atoms with Gasteiger partial charge in [0.05, 0.1) is 6.61 Å². The van der Waals surface area contributed by atoms with E-state index >= 15 is 0 Å². The zero-order chi connectivity index (χ0) is 9.68. The van der Waals surface area contributed by atoms with Crippen LogP contribution in [0.5, 0.6) is 0 Å². The summed E-state index contributed by atoms with van der Waals surface area (Å²) >= 11 is 0. The van der Waals surface area contributed by atoms with Gasteiger partial charge in [-0.1, -0.05) is 0 Å². The predicted molar refractivity (Wildman–Crippen MR) is 55.5 cm³/mol. The molecular formula is C10H16N2O. The Morgan fingerprint density at radius 2 is 2.08 bits per heavy atom. The molecular weight excluding hydrogens is 164 g/mol. The van der Waals surface area contributed by atoms with Gasteiger partial charge in [0.2, 0.25) is 0 Å². The van der Waals surface area contributed by atoms with Crippen LogP contribution in [0.3, 0.4) is 0 Å². The Morgan fingerprint density at radius 3 is 2.77 bits per heavy atom. The van der Waals surface area contributed by atoms with Gasteiger partial charge >= 0.3 is 0 Å². The van der Waals surface area contributed by atoms with Crippen molar-refractivity contribution in [2.24, 2.45) is 0 Å². The first kappa shape index (κ1) is 9.86. The van der Waals surface area contributed by atoms with E-state index in [4.69, 9.17) is 16.2 Å². The molecule has 0 aliphatic rings. The van der Waals surface area contributed by atoms with E-state index in [2.05, 4.69) is 0 Å². The summed E-state index contributed by atoms with van der Waals surface area (Å²) in [5.74, 6) is 0. The molecule has 0 unspecified atom stereocenters. The number of anilines is 2. The molecule has 1 aromatic rings. The lowest BCUT2D eigenvalue weighted by Crippen LogP contribution is -2.02. The first-order valence-electron chi connectivity index (χ1n) is 4.45. The van der Waals surface area contributed by atoms with Gasteiger partial charge in [-0.25, -0.2) is 0 Å². The average molecular weight is 180 g/mol. The maximum atomic E-state index is 5.76. The highest BCUT2D eigenvalue weighted by molar-refractivity contribution is 5.55. The lowest BCUT2D eigenvalue weighted by atomic mass is 10.1. The second-order valence-corrected chi connectivity index (χ2v) is 2.91. The number of benzene rings is 1. The highest BCUT2D eigenvalue weighted by Crippen LogP contribution is 2.15. The van der Waals surface area contributed by atoms with E-state index in [1.165, 1.54) is 0 Å². The molecule has 4 N–H and O–H groups in total. The van der Waals surface area contributed by atoms with Gasteiger partial charge in [-0.2, -0.15) is 0 Å². The summed E-state index contributed by atoms with van der Waals surface area (Å²) in [7, 11) is 0. The molecule has 1 aromatic carbocycles. The number of hydrogen-bond acceptors (Lipinski definition) is 3. The van der Waals surface area contributed by atoms with Crippen LogP contribution in [-0.2, 0) is 11.2 Å². The summed E-state index contributed by atoms with van der Waals surface area (Å²) in [6, 6.07) is 5.53. The molecule has 0 aliphatic carbocycles. The van der Waals surface area contributed by atoms with E-state index in [0.717, 1.165) is 30.0 Å². The minimum absolute atomic E-state index is 0.699. The highest BCUT2D eigenvalue weighted by atomic mass is 16.5. The van der Waals surface area contributed by atoms with Crippen molar-refractivity contribution in [2.45, 2.75) is 13.3 Å². The molecule has 0 bridgehead atoms. The SMILES string of the molecule is CCOCCc1cc(N)ccc1N. The quantitative estimate of drug-likeness (QED) is 0.544. The molecule has 0 saturated carbocycles. The van der Waals surface area contributed by atoms with Crippen molar-refractivity contribution in [1.82, 2.24) is 0 Å². The van der Waals surface area contributed by atoms with Gasteiger partial charge in [-0.15, -0.1) is 0 Å². The molecule has 0 aliphatic heterocycles. The van der Waals surface area contributed by atoms with Gasteiger partial charge in [0.15, 0.2) is 0 Å². The fourth-order valence-electron chi connectivity index (χ4n) is 1.17. The lowest BCUT2D eigenvalue weighted by molar-refractivity contribution is 0.151. The van der Waals surface area contributed by atoms with Gasteiger partial charge in [0.1, 0.15) is 0 Å². The van der Waals surface area contributed by atoms with Gasteiger partial charge in [0, 0.05) is 18.0 Å². The zero-order valence-corrected chi connectivity index (χ0v) is 7.92. The summed E-state index contributed by atoms with van der Waals surface area (Å²) in [6.07, 6.45) is 0.824. The Bertz CT molecular complexity index is 274. The Balaban J connectivity index is 2.59. The third-order valence-electron chi connectivity index (χ3n) is 1.89. The van der Waals surface area contributed by atoms with Crippen LogP contribution in [-0.4, -0.2) is 13.2 Å². The molecule has 3 nitrogen and oxygen atoms in total. The molecule has 0 saturated heterocycles. The van der Waals surface area contributed by atoms with Crippen LogP contribution < -0.4 is 11.5 Å². The Morgan fingerprint density at radius 1 is 1.31 bits per heavy atom. The highest BCUT2D eigenvalue weighted by Gasteiger charge is 1.99. The fraction of sp³-hybridized carbons (Fsp3) is 0.400. The molecule has 0 atom stereocenters. The minimum Gasteiger partial charge on any atom is -0.399 e. The molecule has 0 aromatic heterocycles. The van der Waals surface area contributed by atoms with Crippen molar-refractivity contribution in [1.29, 1.82) is 0 Å². The smallest absolute Gasteiger partial charge is 0.0507 e. The van der Waals surface area contributed by atoms with Crippen LogP contribution in [0, 0.1) is 0 Å². The Kier molecular flexibility index (Phi) is 3.58. The zero-order valence-electron chi connectivity index (χ0n) is 7.92. The van der Waals surface area contributed by atoms with Gasteiger partial charge in [-0.3, -0.25) is 0 Å². The van der Waals surface area contributed by atoms with Crippen LogP contribution in [0.1, 0.15) is 12.5 Å². The largest absolute Gasteiger partial charge is 0.399 e. The molecule has 13 heavy (non-hydrogen) atoms. The molecule has 72 valence electrons. The number of nitrogens with two attached hydrogens (primary N) is 2. The Hall–Kier alpha value is -1.22. The van der Waals surface area contributed by atoms with Crippen molar-refractivity contribution in [3.63, 3.8) is 0 Å². The van der Waals surface area contributed by atoms with Crippen molar-refractivity contribution in [3.05, 3.63) is 23.8 Å². The van der Waals surface area contributed by atoms with E-state index in [1.54, 1.807) is 6.07 Å². The summed E-state index contributed by atoms with van der Waals surface area (Å²) in [5.41, 5.74) is 14.0. The molecule has 1 rings (SSSR count). The fourth-order valence-corrected chi connectivity index (χ4v) is 1.17. The number of rotatable bonds is 4. The van der Waals surface area contributed by atoms with Crippen LogP contribution in [0.25, 0.3) is 0 Å². The molecule has 0 spiro atoms. The topological polar surface area (TPSA) is 61.3 Å². The van der Waals surface area contributed by atoms with Gasteiger partial charge in [0.25, 0.3) is 0 Å². The van der Waals surface area contributed by atoms with Crippen LogP contribution in [0.15, 0.2) is 18.2 Å². The molecule has 3 heteroatoms. The van der Waals surface area contributed by atoms with Crippen LogP contribution in [0.4, 0.5) is 11.4 Å². The van der Waals surface area contributed by atoms with Crippen molar-refractivity contribution >= 4 is 11.4 Å². The van der Waals surface area contributed by atoms with E-state index in [-0.39, 0.29) is 0 Å². The van der Waals surface area contributed by atoms with E-state index < -0.39 is 0 Å². The number of ether oxygens (including phenoxy) is 1. The van der Waals surface area contributed by atoms with Gasteiger partial charge in [-0.05, 0) is 37.1 Å². The molecule has 0 heterocycles. The number of hydrogen-bond donors (Lipinski definition) is 2. The van der Waals surface area contributed by atoms with E-state index in [0.29, 0.717) is 6.61 Å². The van der Waals surface area contributed by atoms with Crippen molar-refractivity contribution in [2.75, 3.05) is 24.7 Å². The second kappa shape index (κ2) is 4.72. The molecule has 0 amide bonds. The summed E-state index contributed by atoms with van der Waals surface area (Å²) in [4.78, 5) is 0. The summed E-state index contributed by atoms with van der Waals surface area (Å²) < 4.78 is 5.24. The maximum absolute atomic E-state index is 5.76. The van der Waals surface area contributed by atoms with Crippen LogP contribution in [0.2, 0.25) is 0 Å². The normalized spacial score (nSPS) is 10.2. The lowest BCUT2D eigenvalue weighted by Gasteiger charge is -2.06. The Labute approximate surface area is 78.7 Å². The standard InChI is InChI=1S/C10H16N2O/c1-2-13-6-5-8-7-9(11)3-4-10(8)12/h3-4,7H,2,5-6,11-12H2,1H3. The minimum atomic E-state index is 0.699. The third-order valence-corrected chi connectivity index (χ3v) is 1.89. The monoisotopic (exact) mass is 180 g/mol. The third kappa shape index (κ3) is 2.95. The molecule has 0 radical (unpaired) electrons. The predicted octanol–water partition coefficient (Wildman–Crippen LogP) is 1.43. The van der Waals surface area contributed by atoms with Crippen molar-refractivity contribution < 1.29 is 4.74 Å². The van der Waals surface area contributed by atoms with Crippen LogP contribution >= 0.6 is 0 Å². The van der Waals surface area contributed by atoms with Crippen molar-refractivity contribution in [3.8, 4) is 0 Å². The van der Waals surface area contributed by atoms with E-state index in [9.17, 15) is 0 Å². The van der Waals surface area contributed by atoms with E-state index in [1.807, 2.05) is 19.1 Å². The molecule has 0 fully saturated rings.